The van der Waals surface area contributed by atoms with Gasteiger partial charge in [-0.15, -0.1) is 12.4 Å². The highest BCUT2D eigenvalue weighted by Crippen LogP contribution is 2.29. The first-order valence-corrected chi connectivity index (χ1v) is 5.29. The molecule has 6 heteroatoms. The maximum atomic E-state index is 11.3. The maximum absolute atomic E-state index is 11.3. The first kappa shape index (κ1) is 15.0. The van der Waals surface area contributed by atoms with E-state index in [2.05, 4.69) is 5.32 Å². The minimum absolute atomic E-state index is 0. The molecule has 0 heterocycles. The predicted molar refractivity (Wildman–Crippen MR) is 64.6 cm³/mol. The molecule has 0 amide bonds. The lowest BCUT2D eigenvalue weighted by atomic mass is 9.81. The molecule has 0 saturated heterocycles. The third kappa shape index (κ3) is 4.70. The molecular weight excluding hydrogens is 230 g/mol. The number of nitrogens with one attached hydrogen (secondary N) is 2. The van der Waals surface area contributed by atoms with Gasteiger partial charge >= 0.3 is 5.97 Å². The molecule has 1 rings (SSSR count). The molecule has 94 valence electrons. The summed E-state index contributed by atoms with van der Waals surface area (Å²) in [6, 6.07) is 0. The van der Waals surface area contributed by atoms with Gasteiger partial charge in [-0.3, -0.25) is 10.2 Å². The molecule has 2 atom stereocenters. The van der Waals surface area contributed by atoms with Gasteiger partial charge in [0.2, 0.25) is 0 Å². The largest absolute Gasteiger partial charge is 0.469 e. The number of esters is 1. The fraction of sp³-hybridized carbons (Fsp3) is 0.800. The van der Waals surface area contributed by atoms with Crippen LogP contribution in [0, 0.1) is 17.2 Å². The van der Waals surface area contributed by atoms with Gasteiger partial charge in [-0.05, 0) is 25.2 Å². The normalized spacial score (nSPS) is 24.1. The van der Waals surface area contributed by atoms with Crippen LogP contribution in [0.2, 0.25) is 0 Å². The topological polar surface area (TPSA) is 88.2 Å². The summed E-state index contributed by atoms with van der Waals surface area (Å²) in [5.74, 6) is 0.340. The molecule has 0 aromatic rings. The van der Waals surface area contributed by atoms with Crippen LogP contribution in [-0.2, 0) is 9.53 Å². The third-order valence-electron chi connectivity index (χ3n) is 2.90. The van der Waals surface area contributed by atoms with Gasteiger partial charge < -0.3 is 15.8 Å². The summed E-state index contributed by atoms with van der Waals surface area (Å²) in [7, 11) is 1.43. The molecule has 1 aliphatic carbocycles. The maximum Gasteiger partial charge on any atom is 0.308 e. The van der Waals surface area contributed by atoms with Crippen molar-refractivity contribution in [2.24, 2.45) is 17.6 Å². The molecule has 0 aromatic heterocycles. The number of ether oxygens (including phenoxy) is 1. The van der Waals surface area contributed by atoms with E-state index in [4.69, 9.17) is 15.9 Å². The molecule has 16 heavy (non-hydrogen) atoms. The molecule has 4 N–H and O–H groups in total. The number of hydrogen-bond acceptors (Lipinski definition) is 3. The van der Waals surface area contributed by atoms with E-state index in [1.807, 2.05) is 0 Å². The lowest BCUT2D eigenvalue weighted by Gasteiger charge is -2.27. The number of methoxy groups -OCH3 is 1. The van der Waals surface area contributed by atoms with Gasteiger partial charge in [0, 0.05) is 6.54 Å². The molecule has 0 spiro atoms. The summed E-state index contributed by atoms with van der Waals surface area (Å²) in [4.78, 5) is 11.3. The van der Waals surface area contributed by atoms with Crippen LogP contribution in [0.25, 0.3) is 0 Å². The zero-order chi connectivity index (χ0) is 11.3. The molecule has 0 aromatic carbocycles. The zero-order valence-electron chi connectivity index (χ0n) is 9.49. The van der Waals surface area contributed by atoms with Crippen molar-refractivity contribution in [2.45, 2.75) is 25.7 Å². The van der Waals surface area contributed by atoms with E-state index in [0.717, 1.165) is 25.7 Å². The fourth-order valence-corrected chi connectivity index (χ4v) is 2.11. The van der Waals surface area contributed by atoms with Crippen LogP contribution >= 0.6 is 12.4 Å². The molecule has 1 fully saturated rings. The molecule has 5 nitrogen and oxygen atoms in total. The Morgan fingerprint density at radius 3 is 2.81 bits per heavy atom. The van der Waals surface area contributed by atoms with Crippen molar-refractivity contribution in [3.8, 4) is 0 Å². The standard InChI is InChI=1S/C10H19N3O2.ClH/c1-15-9(14)8-4-2-3-7(5-8)6-13-10(11)12;/h7-8H,2-6H2,1H3,(H4,11,12,13);1H. The van der Waals surface area contributed by atoms with Gasteiger partial charge in [-0.1, -0.05) is 6.42 Å². The number of hydrogen-bond donors (Lipinski definition) is 3. The van der Waals surface area contributed by atoms with Crippen molar-refractivity contribution < 1.29 is 9.53 Å². The molecule has 2 unspecified atom stereocenters. The van der Waals surface area contributed by atoms with E-state index < -0.39 is 0 Å². The summed E-state index contributed by atoms with van der Waals surface area (Å²) in [6.45, 7) is 0.683. The van der Waals surface area contributed by atoms with Crippen molar-refractivity contribution >= 4 is 24.3 Å². The van der Waals surface area contributed by atoms with E-state index in [1.54, 1.807) is 0 Å². The summed E-state index contributed by atoms with van der Waals surface area (Å²) < 4.78 is 4.74. The zero-order valence-corrected chi connectivity index (χ0v) is 10.3. The highest BCUT2D eigenvalue weighted by atomic mass is 35.5. The first-order valence-electron chi connectivity index (χ1n) is 5.29. The summed E-state index contributed by atoms with van der Waals surface area (Å²) in [5.41, 5.74) is 5.21. The molecule has 0 radical (unpaired) electrons. The van der Waals surface area contributed by atoms with E-state index in [-0.39, 0.29) is 30.3 Å². The van der Waals surface area contributed by atoms with E-state index in [9.17, 15) is 4.79 Å². The average molecular weight is 250 g/mol. The van der Waals surface area contributed by atoms with Crippen LogP contribution in [0.3, 0.4) is 0 Å². The van der Waals surface area contributed by atoms with Crippen LogP contribution in [0.15, 0.2) is 0 Å². The Morgan fingerprint density at radius 1 is 1.56 bits per heavy atom. The quantitative estimate of drug-likeness (QED) is 0.393. The molecule has 1 aliphatic rings. The predicted octanol–water partition coefficient (Wildman–Crippen LogP) is 0.871. The van der Waals surface area contributed by atoms with Crippen LogP contribution in [0.5, 0.6) is 0 Å². The van der Waals surface area contributed by atoms with Crippen molar-refractivity contribution in [3.05, 3.63) is 0 Å². The number of nitrogens with two attached hydrogens (primary N) is 1. The number of guanidine groups is 1. The van der Waals surface area contributed by atoms with Gasteiger partial charge in [0.05, 0.1) is 13.0 Å². The molecule has 1 saturated carbocycles. The lowest BCUT2D eigenvalue weighted by Crippen LogP contribution is -2.36. The molecule has 0 aliphatic heterocycles. The fourth-order valence-electron chi connectivity index (χ4n) is 2.11. The number of halogens is 1. The Balaban J connectivity index is 0.00000225. The SMILES string of the molecule is COC(=O)C1CCCC(CNC(=N)N)C1.Cl. The molecular formula is C10H20ClN3O2. The number of carbonyl (C=O) groups excluding carboxylic acids is 1. The smallest absolute Gasteiger partial charge is 0.308 e. The monoisotopic (exact) mass is 249 g/mol. The Bertz CT molecular complexity index is 248. The minimum atomic E-state index is -0.109. The van der Waals surface area contributed by atoms with Gasteiger partial charge in [0.25, 0.3) is 0 Å². The van der Waals surface area contributed by atoms with E-state index in [0.29, 0.717) is 12.5 Å². The van der Waals surface area contributed by atoms with E-state index in [1.165, 1.54) is 7.11 Å². The van der Waals surface area contributed by atoms with Crippen LogP contribution in [0.1, 0.15) is 25.7 Å². The van der Waals surface area contributed by atoms with Crippen molar-refractivity contribution in [3.63, 3.8) is 0 Å². The van der Waals surface area contributed by atoms with Crippen molar-refractivity contribution in [1.29, 1.82) is 5.41 Å². The summed E-state index contributed by atoms with van der Waals surface area (Å²) >= 11 is 0. The Hall–Kier alpha value is -0.970. The second kappa shape index (κ2) is 7.33. The number of carbonyl (C=O) groups is 1. The van der Waals surface area contributed by atoms with Crippen LogP contribution < -0.4 is 11.1 Å². The third-order valence-corrected chi connectivity index (χ3v) is 2.90. The van der Waals surface area contributed by atoms with Gasteiger partial charge in [0.15, 0.2) is 5.96 Å². The Labute approximate surface area is 102 Å². The van der Waals surface area contributed by atoms with Crippen molar-refractivity contribution in [1.82, 2.24) is 5.32 Å². The second-order valence-electron chi connectivity index (χ2n) is 4.05. The van der Waals surface area contributed by atoms with Gasteiger partial charge in [-0.25, -0.2) is 0 Å². The number of rotatable bonds is 3. The average Bonchev–Trinajstić information content (AvgIpc) is 2.25. The van der Waals surface area contributed by atoms with Crippen LogP contribution in [-0.4, -0.2) is 25.6 Å². The van der Waals surface area contributed by atoms with Crippen LogP contribution in [0.4, 0.5) is 0 Å². The second-order valence-corrected chi connectivity index (χ2v) is 4.05. The van der Waals surface area contributed by atoms with E-state index >= 15 is 0 Å². The first-order chi connectivity index (χ1) is 7.13. The Morgan fingerprint density at radius 2 is 2.25 bits per heavy atom. The van der Waals surface area contributed by atoms with Gasteiger partial charge in [-0.2, -0.15) is 0 Å². The molecule has 0 bridgehead atoms. The Kier molecular flexibility index (Phi) is 6.88. The van der Waals surface area contributed by atoms with Gasteiger partial charge in [0.1, 0.15) is 0 Å². The summed E-state index contributed by atoms with van der Waals surface area (Å²) in [5, 5.41) is 9.86. The highest BCUT2D eigenvalue weighted by molar-refractivity contribution is 5.85. The minimum Gasteiger partial charge on any atom is -0.469 e. The lowest BCUT2D eigenvalue weighted by molar-refractivity contribution is -0.147. The highest BCUT2D eigenvalue weighted by Gasteiger charge is 2.27. The van der Waals surface area contributed by atoms with Crippen molar-refractivity contribution in [2.75, 3.05) is 13.7 Å². The summed E-state index contributed by atoms with van der Waals surface area (Å²) in [6.07, 6.45) is 3.90.